The topological polar surface area (TPSA) is 87.0 Å². The van der Waals surface area contributed by atoms with Crippen molar-refractivity contribution in [2.24, 2.45) is 0 Å². The van der Waals surface area contributed by atoms with Crippen LogP contribution in [0.2, 0.25) is 0 Å². The third kappa shape index (κ3) is 3.42. The van der Waals surface area contributed by atoms with Crippen LogP contribution in [0, 0.1) is 6.92 Å². The molecule has 2 aromatic carbocycles. The molecule has 1 heterocycles. The van der Waals surface area contributed by atoms with E-state index in [2.05, 4.69) is 15.3 Å². The number of aromatic amines is 2. The standard InChI is InChI=1S/C17H17N3O3/c1-10-4-3-5-13(8-10)23-11(2)16(21)18-12-6-7-14-15(9-12)20-17(22)19-14/h3-9,11H,1-2H3,(H,18,21)(H2,19,20,22). The highest BCUT2D eigenvalue weighted by molar-refractivity contribution is 5.95. The van der Waals surface area contributed by atoms with Gasteiger partial charge in [-0.25, -0.2) is 4.79 Å². The molecule has 0 spiro atoms. The van der Waals surface area contributed by atoms with Gasteiger partial charge in [-0.05, 0) is 49.7 Å². The predicted octanol–water partition coefficient (Wildman–Crippen LogP) is 2.57. The molecule has 0 radical (unpaired) electrons. The molecule has 118 valence electrons. The van der Waals surface area contributed by atoms with Crippen molar-refractivity contribution in [3.8, 4) is 5.75 Å². The molecule has 3 rings (SSSR count). The molecular formula is C17H17N3O3. The van der Waals surface area contributed by atoms with Crippen LogP contribution in [0.4, 0.5) is 5.69 Å². The molecule has 0 saturated heterocycles. The summed E-state index contributed by atoms with van der Waals surface area (Å²) in [7, 11) is 0. The van der Waals surface area contributed by atoms with Crippen molar-refractivity contribution in [1.29, 1.82) is 0 Å². The Morgan fingerprint density at radius 3 is 2.70 bits per heavy atom. The zero-order valence-electron chi connectivity index (χ0n) is 12.8. The Balaban J connectivity index is 1.70. The van der Waals surface area contributed by atoms with Gasteiger partial charge in [0.05, 0.1) is 11.0 Å². The van der Waals surface area contributed by atoms with Gasteiger partial charge in [-0.3, -0.25) is 4.79 Å². The summed E-state index contributed by atoms with van der Waals surface area (Å²) in [5.41, 5.74) is 2.71. The number of nitrogens with one attached hydrogen (secondary N) is 3. The van der Waals surface area contributed by atoms with Crippen LogP contribution in [0.25, 0.3) is 11.0 Å². The molecule has 0 aliphatic heterocycles. The number of hydrogen-bond acceptors (Lipinski definition) is 3. The lowest BCUT2D eigenvalue weighted by Gasteiger charge is -2.15. The second-order valence-corrected chi connectivity index (χ2v) is 5.41. The summed E-state index contributed by atoms with van der Waals surface area (Å²) >= 11 is 0. The van der Waals surface area contributed by atoms with E-state index >= 15 is 0 Å². The van der Waals surface area contributed by atoms with Gasteiger partial charge in [-0.15, -0.1) is 0 Å². The molecule has 1 unspecified atom stereocenters. The smallest absolute Gasteiger partial charge is 0.323 e. The van der Waals surface area contributed by atoms with E-state index in [0.29, 0.717) is 22.5 Å². The highest BCUT2D eigenvalue weighted by Crippen LogP contribution is 2.17. The van der Waals surface area contributed by atoms with Crippen molar-refractivity contribution in [2.75, 3.05) is 5.32 Å². The van der Waals surface area contributed by atoms with Crippen LogP contribution in [-0.2, 0) is 4.79 Å². The van der Waals surface area contributed by atoms with E-state index in [-0.39, 0.29) is 11.6 Å². The lowest BCUT2D eigenvalue weighted by Crippen LogP contribution is -2.30. The summed E-state index contributed by atoms with van der Waals surface area (Å²) in [6.07, 6.45) is -0.641. The highest BCUT2D eigenvalue weighted by Gasteiger charge is 2.15. The van der Waals surface area contributed by atoms with Crippen LogP contribution >= 0.6 is 0 Å². The highest BCUT2D eigenvalue weighted by atomic mass is 16.5. The van der Waals surface area contributed by atoms with Crippen LogP contribution in [-0.4, -0.2) is 22.0 Å². The summed E-state index contributed by atoms with van der Waals surface area (Å²) in [5.74, 6) is 0.391. The number of aromatic nitrogens is 2. The largest absolute Gasteiger partial charge is 0.481 e. The average molecular weight is 311 g/mol. The second kappa shape index (κ2) is 6.00. The molecule has 23 heavy (non-hydrogen) atoms. The number of ether oxygens (including phenoxy) is 1. The third-order valence-corrected chi connectivity index (χ3v) is 3.46. The molecule has 0 saturated carbocycles. The minimum absolute atomic E-state index is 0.260. The maximum Gasteiger partial charge on any atom is 0.323 e. The molecule has 0 aliphatic rings. The van der Waals surface area contributed by atoms with Crippen molar-refractivity contribution >= 4 is 22.6 Å². The van der Waals surface area contributed by atoms with E-state index in [9.17, 15) is 9.59 Å². The zero-order valence-corrected chi connectivity index (χ0v) is 12.8. The summed E-state index contributed by atoms with van der Waals surface area (Å²) in [6, 6.07) is 12.7. The SMILES string of the molecule is Cc1cccc(OC(C)C(=O)Nc2ccc3[nH]c(=O)[nH]c3c2)c1. The molecule has 3 N–H and O–H groups in total. The quantitative estimate of drug-likeness (QED) is 0.692. The lowest BCUT2D eigenvalue weighted by atomic mass is 10.2. The fourth-order valence-corrected chi connectivity index (χ4v) is 2.30. The second-order valence-electron chi connectivity index (χ2n) is 5.41. The van der Waals surface area contributed by atoms with Gasteiger partial charge in [0.25, 0.3) is 5.91 Å². The van der Waals surface area contributed by atoms with Gasteiger partial charge in [0.15, 0.2) is 6.10 Å². The zero-order chi connectivity index (χ0) is 16.4. The van der Waals surface area contributed by atoms with Gasteiger partial charge < -0.3 is 20.0 Å². The normalized spacial score (nSPS) is 12.1. The predicted molar refractivity (Wildman–Crippen MR) is 88.8 cm³/mol. The van der Waals surface area contributed by atoms with Crippen molar-refractivity contribution in [1.82, 2.24) is 9.97 Å². The molecule has 1 aromatic heterocycles. The number of aryl methyl sites for hydroxylation is 1. The first-order valence-electron chi connectivity index (χ1n) is 7.27. The van der Waals surface area contributed by atoms with E-state index in [1.165, 1.54) is 0 Å². The molecular weight excluding hydrogens is 294 g/mol. The summed E-state index contributed by atoms with van der Waals surface area (Å²) in [6.45, 7) is 3.65. The maximum absolute atomic E-state index is 12.2. The maximum atomic E-state index is 12.2. The van der Waals surface area contributed by atoms with Gasteiger partial charge >= 0.3 is 5.69 Å². The van der Waals surface area contributed by atoms with Crippen LogP contribution in [0.15, 0.2) is 47.3 Å². The van der Waals surface area contributed by atoms with Crippen LogP contribution in [0.1, 0.15) is 12.5 Å². The number of rotatable bonds is 4. The molecule has 0 bridgehead atoms. The van der Waals surface area contributed by atoms with Gasteiger partial charge in [-0.2, -0.15) is 0 Å². The van der Waals surface area contributed by atoms with Gasteiger partial charge in [0.2, 0.25) is 0 Å². The molecule has 1 atom stereocenters. The lowest BCUT2D eigenvalue weighted by molar-refractivity contribution is -0.122. The van der Waals surface area contributed by atoms with Crippen LogP contribution in [0.3, 0.4) is 0 Å². The number of anilines is 1. The average Bonchev–Trinajstić information content (AvgIpc) is 2.86. The van der Waals surface area contributed by atoms with Crippen LogP contribution < -0.4 is 15.7 Å². The molecule has 3 aromatic rings. The number of fused-ring (bicyclic) bond motifs is 1. The number of hydrogen-bond donors (Lipinski definition) is 3. The first-order valence-corrected chi connectivity index (χ1v) is 7.27. The minimum atomic E-state index is -0.641. The summed E-state index contributed by atoms with van der Waals surface area (Å²) < 4.78 is 5.64. The Morgan fingerprint density at radius 1 is 1.13 bits per heavy atom. The van der Waals surface area contributed by atoms with E-state index < -0.39 is 6.10 Å². The van der Waals surface area contributed by atoms with E-state index in [1.54, 1.807) is 25.1 Å². The Hall–Kier alpha value is -3.02. The third-order valence-electron chi connectivity index (χ3n) is 3.46. The first-order chi connectivity index (χ1) is 11.0. The van der Waals surface area contributed by atoms with Gasteiger partial charge in [0, 0.05) is 5.69 Å². The van der Waals surface area contributed by atoms with Crippen molar-refractivity contribution in [2.45, 2.75) is 20.0 Å². The number of carbonyl (C=O) groups is 1. The number of amides is 1. The van der Waals surface area contributed by atoms with E-state index in [4.69, 9.17) is 4.74 Å². The molecule has 0 aliphatic carbocycles. The first kappa shape index (κ1) is 14.9. The number of imidazole rings is 1. The van der Waals surface area contributed by atoms with E-state index in [1.807, 2.05) is 31.2 Å². The van der Waals surface area contributed by atoms with Crippen molar-refractivity contribution in [3.05, 3.63) is 58.5 Å². The van der Waals surface area contributed by atoms with Crippen molar-refractivity contribution in [3.63, 3.8) is 0 Å². The molecule has 1 amide bonds. The Kier molecular flexibility index (Phi) is 3.89. The number of H-pyrrole nitrogens is 2. The van der Waals surface area contributed by atoms with Gasteiger partial charge in [-0.1, -0.05) is 12.1 Å². The number of benzene rings is 2. The summed E-state index contributed by atoms with van der Waals surface area (Å²) in [5, 5.41) is 2.78. The summed E-state index contributed by atoms with van der Waals surface area (Å²) in [4.78, 5) is 28.8. The Morgan fingerprint density at radius 2 is 1.91 bits per heavy atom. The number of carbonyl (C=O) groups excluding carboxylic acids is 1. The monoisotopic (exact) mass is 311 g/mol. The molecule has 6 heteroatoms. The molecule has 6 nitrogen and oxygen atoms in total. The van der Waals surface area contributed by atoms with Crippen molar-refractivity contribution < 1.29 is 9.53 Å². The fraction of sp³-hybridized carbons (Fsp3) is 0.176. The fourth-order valence-electron chi connectivity index (χ4n) is 2.30. The molecule has 0 fully saturated rings. The van der Waals surface area contributed by atoms with E-state index in [0.717, 1.165) is 5.56 Å². The van der Waals surface area contributed by atoms with Gasteiger partial charge in [0.1, 0.15) is 5.75 Å². The Bertz CT molecular complexity index is 911. The van der Waals surface area contributed by atoms with Crippen LogP contribution in [0.5, 0.6) is 5.75 Å². The minimum Gasteiger partial charge on any atom is -0.481 e. The Labute approximate surface area is 132 Å².